The first-order valence-corrected chi connectivity index (χ1v) is 12.9. The zero-order valence-corrected chi connectivity index (χ0v) is 22.3. The standard InChI is InChI=1S/C28H21ClN4O5S/c1-16-8-10-18(11-9-16)24-31-22(28(38-24)39-20-14-12-19(29)13-15-20)26-33-32-25(37-26)21(27(35)36-2)30-23(34)17-6-4-3-5-7-17/h3-15,21H,1-2H3,(H,30,34)/t21-/m0/s1. The van der Waals surface area contributed by atoms with E-state index in [9.17, 15) is 9.59 Å². The zero-order chi connectivity index (χ0) is 27.4. The number of aryl methyl sites for hydroxylation is 1. The van der Waals surface area contributed by atoms with Crippen LogP contribution in [-0.4, -0.2) is 34.2 Å². The van der Waals surface area contributed by atoms with Gasteiger partial charge in [-0.05, 0) is 67.2 Å². The van der Waals surface area contributed by atoms with Gasteiger partial charge in [0.25, 0.3) is 17.7 Å². The summed E-state index contributed by atoms with van der Waals surface area (Å²) in [5.74, 6) is -1.09. The minimum atomic E-state index is -1.33. The number of oxazole rings is 1. The van der Waals surface area contributed by atoms with E-state index in [0.29, 0.717) is 21.6 Å². The number of nitrogens with zero attached hydrogens (tertiary/aromatic N) is 3. The average Bonchev–Trinajstić information content (AvgIpc) is 3.61. The molecule has 1 atom stereocenters. The Morgan fingerprint density at radius 2 is 1.64 bits per heavy atom. The summed E-state index contributed by atoms with van der Waals surface area (Å²) < 4.78 is 16.9. The van der Waals surface area contributed by atoms with Crippen LogP contribution in [0.5, 0.6) is 0 Å². The van der Waals surface area contributed by atoms with Gasteiger partial charge in [0, 0.05) is 21.0 Å². The summed E-state index contributed by atoms with van der Waals surface area (Å²) in [6.45, 7) is 1.99. The van der Waals surface area contributed by atoms with Crippen LogP contribution in [0.2, 0.25) is 5.02 Å². The second-order valence-electron chi connectivity index (χ2n) is 8.32. The van der Waals surface area contributed by atoms with Gasteiger partial charge in [0.15, 0.2) is 10.8 Å². The van der Waals surface area contributed by atoms with Crippen LogP contribution in [-0.2, 0) is 9.53 Å². The molecule has 39 heavy (non-hydrogen) atoms. The largest absolute Gasteiger partial charge is 0.467 e. The maximum Gasteiger partial charge on any atom is 0.338 e. The number of methoxy groups -OCH3 is 1. The van der Waals surface area contributed by atoms with Crippen LogP contribution in [0.15, 0.2) is 97.7 Å². The van der Waals surface area contributed by atoms with Gasteiger partial charge in [0.1, 0.15) is 0 Å². The lowest BCUT2D eigenvalue weighted by atomic mass is 10.1. The van der Waals surface area contributed by atoms with Crippen molar-refractivity contribution in [1.29, 1.82) is 0 Å². The highest BCUT2D eigenvalue weighted by molar-refractivity contribution is 7.99. The van der Waals surface area contributed by atoms with Crippen LogP contribution in [0.4, 0.5) is 0 Å². The Morgan fingerprint density at radius 1 is 0.923 bits per heavy atom. The molecule has 0 spiro atoms. The molecule has 9 nitrogen and oxygen atoms in total. The van der Waals surface area contributed by atoms with Crippen molar-refractivity contribution in [1.82, 2.24) is 20.5 Å². The number of halogens is 1. The molecule has 196 valence electrons. The highest BCUT2D eigenvalue weighted by Gasteiger charge is 2.31. The molecule has 0 saturated heterocycles. The van der Waals surface area contributed by atoms with Crippen molar-refractivity contribution in [2.24, 2.45) is 0 Å². The molecule has 5 rings (SSSR count). The van der Waals surface area contributed by atoms with E-state index in [1.807, 2.05) is 43.3 Å². The van der Waals surface area contributed by atoms with E-state index in [1.54, 1.807) is 42.5 Å². The molecule has 0 aliphatic carbocycles. The second kappa shape index (κ2) is 11.5. The third-order valence-corrected chi connectivity index (χ3v) is 6.78. The summed E-state index contributed by atoms with van der Waals surface area (Å²) in [6, 6.07) is 22.0. The van der Waals surface area contributed by atoms with E-state index in [2.05, 4.69) is 20.5 Å². The molecule has 3 aromatic carbocycles. The number of hydrogen-bond donors (Lipinski definition) is 1. The number of esters is 1. The van der Waals surface area contributed by atoms with E-state index in [1.165, 1.54) is 18.9 Å². The second-order valence-corrected chi connectivity index (χ2v) is 9.80. The lowest BCUT2D eigenvalue weighted by molar-refractivity contribution is -0.143. The summed E-state index contributed by atoms with van der Waals surface area (Å²) in [6.07, 6.45) is 0. The molecule has 0 aliphatic rings. The highest BCUT2D eigenvalue weighted by Crippen LogP contribution is 2.39. The van der Waals surface area contributed by atoms with Gasteiger partial charge in [-0.1, -0.05) is 47.5 Å². The number of amides is 1. The molecule has 0 unspecified atom stereocenters. The van der Waals surface area contributed by atoms with Gasteiger partial charge >= 0.3 is 5.97 Å². The quantitative estimate of drug-likeness (QED) is 0.223. The fraction of sp³-hybridized carbons (Fsp3) is 0.107. The normalized spacial score (nSPS) is 11.7. The van der Waals surface area contributed by atoms with Crippen molar-refractivity contribution in [3.05, 3.63) is 101 Å². The predicted molar refractivity (Wildman–Crippen MR) is 144 cm³/mol. The first kappa shape index (κ1) is 26.2. The molecule has 1 amide bonds. The third kappa shape index (κ3) is 6.02. The van der Waals surface area contributed by atoms with Gasteiger partial charge in [-0.15, -0.1) is 10.2 Å². The maximum atomic E-state index is 12.7. The number of rotatable bonds is 8. The molecular formula is C28H21ClN4O5S. The maximum absolute atomic E-state index is 12.7. The minimum Gasteiger partial charge on any atom is -0.467 e. The van der Waals surface area contributed by atoms with Crippen LogP contribution in [0.3, 0.4) is 0 Å². The van der Waals surface area contributed by atoms with Crippen molar-refractivity contribution in [2.75, 3.05) is 7.11 Å². The van der Waals surface area contributed by atoms with Gasteiger partial charge in [-0.25, -0.2) is 9.78 Å². The molecule has 0 radical (unpaired) electrons. The fourth-order valence-corrected chi connectivity index (χ4v) is 4.49. The van der Waals surface area contributed by atoms with Crippen LogP contribution in [0.25, 0.3) is 23.0 Å². The number of benzene rings is 3. The Balaban J connectivity index is 1.50. The van der Waals surface area contributed by atoms with Gasteiger partial charge in [-0.3, -0.25) is 4.79 Å². The SMILES string of the molecule is COC(=O)[C@@H](NC(=O)c1ccccc1)c1nnc(-c2nc(-c3ccc(C)cc3)oc2Sc2ccc(Cl)cc2)o1. The molecular weight excluding hydrogens is 540 g/mol. The fourth-order valence-electron chi connectivity index (χ4n) is 3.53. The summed E-state index contributed by atoms with van der Waals surface area (Å²) in [5, 5.41) is 11.7. The average molecular weight is 561 g/mol. The van der Waals surface area contributed by atoms with Gasteiger partial charge in [-0.2, -0.15) is 0 Å². The smallest absolute Gasteiger partial charge is 0.338 e. The molecule has 2 heterocycles. The third-order valence-electron chi connectivity index (χ3n) is 5.56. The van der Waals surface area contributed by atoms with Crippen LogP contribution in [0.1, 0.15) is 27.9 Å². The summed E-state index contributed by atoms with van der Waals surface area (Å²) in [4.78, 5) is 30.8. The van der Waals surface area contributed by atoms with E-state index in [4.69, 9.17) is 25.2 Å². The minimum absolute atomic E-state index is 0.00596. The molecule has 2 aromatic heterocycles. The van der Waals surface area contributed by atoms with E-state index in [0.717, 1.165) is 16.0 Å². The first-order chi connectivity index (χ1) is 18.9. The highest BCUT2D eigenvalue weighted by atomic mass is 35.5. The topological polar surface area (TPSA) is 120 Å². The van der Waals surface area contributed by atoms with Crippen LogP contribution < -0.4 is 5.32 Å². The summed E-state index contributed by atoms with van der Waals surface area (Å²) in [7, 11) is 1.20. The molecule has 0 saturated carbocycles. The Bertz CT molecular complexity index is 1600. The van der Waals surface area contributed by atoms with Crippen molar-refractivity contribution < 1.29 is 23.2 Å². The number of ether oxygens (including phenoxy) is 1. The molecule has 0 aliphatic heterocycles. The molecule has 0 fully saturated rings. The van der Waals surface area contributed by atoms with Crippen molar-refractivity contribution in [2.45, 2.75) is 23.0 Å². The molecule has 0 bridgehead atoms. The van der Waals surface area contributed by atoms with E-state index < -0.39 is 17.9 Å². The number of carbonyl (C=O) groups excluding carboxylic acids is 2. The van der Waals surface area contributed by atoms with Crippen molar-refractivity contribution in [3.8, 4) is 23.0 Å². The van der Waals surface area contributed by atoms with Gasteiger partial charge < -0.3 is 18.9 Å². The molecule has 5 aromatic rings. The van der Waals surface area contributed by atoms with E-state index in [-0.39, 0.29) is 17.5 Å². The van der Waals surface area contributed by atoms with Gasteiger partial charge in [0.05, 0.1) is 7.11 Å². The number of aromatic nitrogens is 3. The lowest BCUT2D eigenvalue weighted by Gasteiger charge is -2.12. The molecule has 11 heteroatoms. The molecule has 1 N–H and O–H groups in total. The van der Waals surface area contributed by atoms with Gasteiger partial charge in [0.2, 0.25) is 11.9 Å². The predicted octanol–water partition coefficient (Wildman–Crippen LogP) is 6.15. The van der Waals surface area contributed by atoms with Crippen molar-refractivity contribution >= 4 is 35.2 Å². The Hall–Kier alpha value is -4.41. The Labute approximate surface area is 232 Å². The Kier molecular flexibility index (Phi) is 7.76. The number of hydrogen-bond acceptors (Lipinski definition) is 9. The summed E-state index contributed by atoms with van der Waals surface area (Å²) >= 11 is 7.33. The first-order valence-electron chi connectivity index (χ1n) is 11.7. The van der Waals surface area contributed by atoms with Crippen molar-refractivity contribution in [3.63, 3.8) is 0 Å². The number of carbonyl (C=O) groups is 2. The van der Waals surface area contributed by atoms with Crippen LogP contribution >= 0.6 is 23.4 Å². The summed E-state index contributed by atoms with van der Waals surface area (Å²) in [5.41, 5.74) is 2.48. The monoisotopic (exact) mass is 560 g/mol. The van der Waals surface area contributed by atoms with E-state index >= 15 is 0 Å². The van der Waals surface area contributed by atoms with Crippen LogP contribution in [0, 0.1) is 6.92 Å². The lowest BCUT2D eigenvalue weighted by Crippen LogP contribution is -2.34. The zero-order valence-electron chi connectivity index (χ0n) is 20.8. The number of nitrogens with one attached hydrogen (secondary N) is 1. The Morgan fingerprint density at radius 3 is 2.33 bits per heavy atom.